The van der Waals surface area contributed by atoms with Gasteiger partial charge in [-0.2, -0.15) is 0 Å². The van der Waals surface area contributed by atoms with Crippen LogP contribution in [0.25, 0.3) is 0 Å². The maximum Gasteiger partial charge on any atom is 0.323 e. The molecule has 1 amide bonds. The molecule has 0 bridgehead atoms. The summed E-state index contributed by atoms with van der Waals surface area (Å²) in [4.78, 5) is 22.7. The number of rotatable bonds is 5. The Morgan fingerprint density at radius 3 is 2.78 bits per heavy atom. The van der Waals surface area contributed by atoms with E-state index in [1.165, 1.54) is 0 Å². The van der Waals surface area contributed by atoms with E-state index in [1.807, 2.05) is 30.3 Å². The van der Waals surface area contributed by atoms with Gasteiger partial charge in [-0.25, -0.2) is 0 Å². The molecule has 0 spiro atoms. The number of carbonyl (C=O) groups excluding carboxylic acids is 2. The summed E-state index contributed by atoms with van der Waals surface area (Å²) in [5, 5.41) is 5.66. The highest BCUT2D eigenvalue weighted by atomic mass is 16.5. The zero-order valence-corrected chi connectivity index (χ0v) is 10.0. The maximum atomic E-state index is 11.6. The van der Waals surface area contributed by atoms with Crippen molar-refractivity contribution in [1.29, 1.82) is 0 Å². The van der Waals surface area contributed by atoms with Crippen LogP contribution in [0.2, 0.25) is 0 Å². The van der Waals surface area contributed by atoms with E-state index in [2.05, 4.69) is 10.6 Å². The summed E-state index contributed by atoms with van der Waals surface area (Å²) in [5.41, 5.74) is 1.05. The van der Waals surface area contributed by atoms with Crippen LogP contribution in [-0.4, -0.2) is 31.1 Å². The molecule has 1 heterocycles. The van der Waals surface area contributed by atoms with E-state index in [1.54, 1.807) is 0 Å². The minimum absolute atomic E-state index is 0.126. The van der Waals surface area contributed by atoms with Gasteiger partial charge in [0, 0.05) is 13.0 Å². The number of nitrogens with one attached hydrogen (secondary N) is 2. The summed E-state index contributed by atoms with van der Waals surface area (Å²) >= 11 is 0. The second-order valence-electron chi connectivity index (χ2n) is 4.15. The third kappa shape index (κ3) is 3.56. The van der Waals surface area contributed by atoms with Crippen molar-refractivity contribution in [3.8, 4) is 0 Å². The topological polar surface area (TPSA) is 67.4 Å². The lowest BCUT2D eigenvalue weighted by Gasteiger charge is -2.09. The number of carbonyl (C=O) groups is 2. The molecule has 1 unspecified atom stereocenters. The van der Waals surface area contributed by atoms with Crippen molar-refractivity contribution in [2.45, 2.75) is 19.0 Å². The van der Waals surface area contributed by atoms with Crippen molar-refractivity contribution in [2.75, 3.05) is 13.2 Å². The summed E-state index contributed by atoms with van der Waals surface area (Å²) in [6, 6.07) is 9.33. The molecule has 18 heavy (non-hydrogen) atoms. The zero-order chi connectivity index (χ0) is 12.8. The second-order valence-corrected chi connectivity index (χ2v) is 4.15. The Hall–Kier alpha value is -1.88. The molecule has 1 aromatic rings. The van der Waals surface area contributed by atoms with Gasteiger partial charge in [0.15, 0.2) is 0 Å². The number of ether oxygens (including phenoxy) is 1. The molecule has 0 saturated carbocycles. The van der Waals surface area contributed by atoms with E-state index in [0.29, 0.717) is 19.6 Å². The summed E-state index contributed by atoms with van der Waals surface area (Å²) in [6.07, 6.45) is 0.630. The first-order chi connectivity index (χ1) is 8.75. The third-order valence-corrected chi connectivity index (χ3v) is 2.78. The van der Waals surface area contributed by atoms with Crippen molar-refractivity contribution in [3.63, 3.8) is 0 Å². The molecule has 96 valence electrons. The number of hydrogen-bond donors (Lipinski definition) is 2. The summed E-state index contributed by atoms with van der Waals surface area (Å²) < 4.78 is 4.79. The van der Waals surface area contributed by atoms with E-state index in [-0.39, 0.29) is 24.5 Å². The summed E-state index contributed by atoms with van der Waals surface area (Å²) in [5.74, 6) is -0.399. The fourth-order valence-corrected chi connectivity index (χ4v) is 1.76. The second kappa shape index (κ2) is 6.16. The van der Waals surface area contributed by atoms with Crippen LogP contribution >= 0.6 is 0 Å². The van der Waals surface area contributed by atoms with Crippen molar-refractivity contribution in [2.24, 2.45) is 0 Å². The number of amides is 1. The zero-order valence-electron chi connectivity index (χ0n) is 10.0. The number of hydrogen-bond acceptors (Lipinski definition) is 4. The molecule has 1 aliphatic heterocycles. The van der Waals surface area contributed by atoms with E-state index in [9.17, 15) is 9.59 Å². The number of cyclic esters (lactones) is 1. The fraction of sp³-hybridized carbons (Fsp3) is 0.385. The Kier molecular flexibility index (Phi) is 4.30. The molecule has 2 N–H and O–H groups in total. The Balaban J connectivity index is 1.68. The number of esters is 1. The molecule has 1 atom stereocenters. The average molecular weight is 248 g/mol. The fourth-order valence-electron chi connectivity index (χ4n) is 1.76. The molecule has 0 aliphatic carbocycles. The molecular formula is C13H16N2O3. The largest absolute Gasteiger partial charge is 0.464 e. The smallest absolute Gasteiger partial charge is 0.323 e. The van der Waals surface area contributed by atoms with Crippen LogP contribution in [0.15, 0.2) is 30.3 Å². The first kappa shape index (κ1) is 12.6. The highest BCUT2D eigenvalue weighted by Crippen LogP contribution is 2.04. The first-order valence-corrected chi connectivity index (χ1v) is 5.96. The average Bonchev–Trinajstić information content (AvgIpc) is 2.81. The van der Waals surface area contributed by atoms with Crippen molar-refractivity contribution in [1.82, 2.24) is 10.6 Å². The van der Waals surface area contributed by atoms with Gasteiger partial charge < -0.3 is 10.1 Å². The Labute approximate surface area is 106 Å². The van der Waals surface area contributed by atoms with Gasteiger partial charge in [0.1, 0.15) is 6.04 Å². The maximum absolute atomic E-state index is 11.6. The van der Waals surface area contributed by atoms with Crippen molar-refractivity contribution < 1.29 is 14.3 Å². The molecule has 1 aliphatic rings. The normalized spacial score (nSPS) is 18.4. The molecule has 1 fully saturated rings. The minimum atomic E-state index is -0.340. The molecule has 2 rings (SSSR count). The predicted octanol–water partition coefficient (Wildman–Crippen LogP) is 0.208. The van der Waals surface area contributed by atoms with Crippen LogP contribution in [-0.2, 0) is 20.9 Å². The van der Waals surface area contributed by atoms with Crippen LogP contribution < -0.4 is 10.6 Å². The van der Waals surface area contributed by atoms with Gasteiger partial charge in [-0.1, -0.05) is 30.3 Å². The highest BCUT2D eigenvalue weighted by molar-refractivity contribution is 5.81. The lowest BCUT2D eigenvalue weighted by atomic mass is 10.2. The van der Waals surface area contributed by atoms with Gasteiger partial charge in [0.25, 0.3) is 0 Å². The van der Waals surface area contributed by atoms with E-state index < -0.39 is 0 Å². The van der Waals surface area contributed by atoms with Gasteiger partial charge in [0.2, 0.25) is 5.91 Å². The molecule has 0 aromatic heterocycles. The van der Waals surface area contributed by atoms with Gasteiger partial charge >= 0.3 is 5.97 Å². The molecule has 0 radical (unpaired) electrons. The van der Waals surface area contributed by atoms with E-state index >= 15 is 0 Å². The Morgan fingerprint density at radius 1 is 1.33 bits per heavy atom. The van der Waals surface area contributed by atoms with Gasteiger partial charge in [-0.15, -0.1) is 0 Å². The quantitative estimate of drug-likeness (QED) is 0.731. The Bertz CT molecular complexity index is 420. The Morgan fingerprint density at radius 2 is 2.11 bits per heavy atom. The first-order valence-electron chi connectivity index (χ1n) is 5.96. The van der Waals surface area contributed by atoms with Crippen LogP contribution in [0, 0.1) is 0 Å². The lowest BCUT2D eigenvalue weighted by Crippen LogP contribution is -2.40. The molecular weight excluding hydrogens is 232 g/mol. The standard InChI is InChI=1S/C13H16N2O3/c16-12(9-14-11-6-7-18-13(11)17)15-8-10-4-2-1-3-5-10/h1-5,11,14H,6-9H2,(H,15,16). The van der Waals surface area contributed by atoms with Crippen LogP contribution in [0.1, 0.15) is 12.0 Å². The minimum Gasteiger partial charge on any atom is -0.464 e. The lowest BCUT2D eigenvalue weighted by molar-refractivity contribution is -0.139. The predicted molar refractivity (Wildman–Crippen MR) is 65.7 cm³/mol. The molecule has 1 saturated heterocycles. The monoisotopic (exact) mass is 248 g/mol. The molecule has 5 heteroatoms. The van der Waals surface area contributed by atoms with Crippen molar-refractivity contribution in [3.05, 3.63) is 35.9 Å². The van der Waals surface area contributed by atoms with Crippen LogP contribution in [0.5, 0.6) is 0 Å². The van der Waals surface area contributed by atoms with Gasteiger partial charge in [-0.05, 0) is 5.56 Å². The SMILES string of the molecule is O=C(CNC1CCOC1=O)NCc1ccccc1. The highest BCUT2D eigenvalue weighted by Gasteiger charge is 2.26. The van der Waals surface area contributed by atoms with Gasteiger partial charge in [0.05, 0.1) is 13.2 Å². The van der Waals surface area contributed by atoms with Crippen LogP contribution in [0.3, 0.4) is 0 Å². The van der Waals surface area contributed by atoms with E-state index in [0.717, 1.165) is 5.56 Å². The molecule has 1 aromatic carbocycles. The molecule has 5 nitrogen and oxygen atoms in total. The van der Waals surface area contributed by atoms with E-state index in [4.69, 9.17) is 4.74 Å². The number of benzene rings is 1. The van der Waals surface area contributed by atoms with Crippen LogP contribution in [0.4, 0.5) is 0 Å². The summed E-state index contributed by atoms with van der Waals surface area (Å²) in [7, 11) is 0. The summed E-state index contributed by atoms with van der Waals surface area (Å²) in [6.45, 7) is 1.06. The van der Waals surface area contributed by atoms with Crippen molar-refractivity contribution >= 4 is 11.9 Å². The third-order valence-electron chi connectivity index (χ3n) is 2.78. The van der Waals surface area contributed by atoms with Gasteiger partial charge in [-0.3, -0.25) is 14.9 Å².